The van der Waals surface area contributed by atoms with Gasteiger partial charge in [0.15, 0.2) is 17.3 Å². The number of ketones is 1. The van der Waals surface area contributed by atoms with Gasteiger partial charge in [-0.15, -0.1) is 0 Å². The average Bonchev–Trinajstić information content (AvgIpc) is 3.33. The molecule has 10 heteroatoms. The molecule has 2 atom stereocenters. The number of fused-ring (bicyclic) bond motifs is 2. The van der Waals surface area contributed by atoms with E-state index in [1.54, 1.807) is 35.1 Å². The summed E-state index contributed by atoms with van der Waals surface area (Å²) < 4.78 is 27.3. The van der Waals surface area contributed by atoms with Crippen LogP contribution in [0.25, 0.3) is 22.0 Å². The van der Waals surface area contributed by atoms with Crippen molar-refractivity contribution in [2.75, 3.05) is 32.8 Å². The van der Waals surface area contributed by atoms with Crippen LogP contribution in [-0.4, -0.2) is 70.4 Å². The predicted molar refractivity (Wildman–Crippen MR) is 146 cm³/mol. The van der Waals surface area contributed by atoms with Crippen LogP contribution in [0.4, 0.5) is 4.39 Å². The number of halogens is 1. The summed E-state index contributed by atoms with van der Waals surface area (Å²) in [6, 6.07) is 14.7. The number of benzene rings is 3. The Balaban J connectivity index is 1.18. The number of Topliss-reactive ketones (excluding diaryl/α,β-unsaturated/α-hetero) is 1. The number of hydrogen-bond acceptors (Lipinski definition) is 7. The molecular formula is C30H29FN4O5. The van der Waals surface area contributed by atoms with Crippen LogP contribution in [0.15, 0.2) is 60.8 Å². The van der Waals surface area contributed by atoms with Gasteiger partial charge < -0.3 is 24.8 Å². The van der Waals surface area contributed by atoms with Gasteiger partial charge >= 0.3 is 0 Å². The highest BCUT2D eigenvalue weighted by atomic mass is 19.1. The van der Waals surface area contributed by atoms with E-state index in [2.05, 4.69) is 15.3 Å². The Morgan fingerprint density at radius 2 is 1.80 bits per heavy atom. The molecule has 3 heterocycles. The maximum Gasteiger partial charge on any atom is 0.292 e. The van der Waals surface area contributed by atoms with Crippen LogP contribution in [0.1, 0.15) is 28.4 Å². The summed E-state index contributed by atoms with van der Waals surface area (Å²) in [5, 5.41) is 19.2. The fraction of sp³-hybridized carbons (Fsp3) is 0.300. The summed E-state index contributed by atoms with van der Waals surface area (Å²) >= 11 is 0. The van der Waals surface area contributed by atoms with Crippen molar-refractivity contribution in [2.24, 2.45) is 7.05 Å². The van der Waals surface area contributed by atoms with E-state index in [0.29, 0.717) is 6.54 Å². The molecule has 3 aromatic carbocycles. The monoisotopic (exact) mass is 544 g/mol. The van der Waals surface area contributed by atoms with Crippen LogP contribution >= 0.6 is 0 Å². The minimum Gasteiger partial charge on any atom is -0.486 e. The van der Waals surface area contributed by atoms with E-state index in [1.165, 1.54) is 12.1 Å². The second-order valence-corrected chi connectivity index (χ2v) is 10.2. The zero-order valence-corrected chi connectivity index (χ0v) is 22.0. The fourth-order valence-electron chi connectivity index (χ4n) is 5.12. The minimum absolute atomic E-state index is 0.00418. The summed E-state index contributed by atoms with van der Waals surface area (Å²) in [6.45, 7) is 2.45. The Bertz CT molecular complexity index is 1580. The first-order valence-electron chi connectivity index (χ1n) is 13.2. The van der Waals surface area contributed by atoms with Gasteiger partial charge in [0.25, 0.3) is 5.91 Å². The molecule has 0 spiro atoms. The largest absolute Gasteiger partial charge is 0.486 e. The van der Waals surface area contributed by atoms with Crippen LogP contribution in [-0.2, 0) is 11.8 Å². The number of likely N-dealkylation sites (tertiary alicyclic amines) is 1. The molecule has 4 aromatic rings. The highest BCUT2D eigenvalue weighted by molar-refractivity contribution is 6.42. The molecule has 1 amide bonds. The summed E-state index contributed by atoms with van der Waals surface area (Å²) in [5.41, 5.74) is 3.34. The molecule has 9 nitrogen and oxygen atoms in total. The lowest BCUT2D eigenvalue weighted by atomic mass is 9.98. The molecule has 2 aliphatic heterocycles. The fourth-order valence-corrected chi connectivity index (χ4v) is 5.12. The van der Waals surface area contributed by atoms with Gasteiger partial charge in [-0.3, -0.25) is 14.3 Å². The van der Waals surface area contributed by atoms with E-state index in [-0.39, 0.29) is 35.8 Å². The highest BCUT2D eigenvalue weighted by Gasteiger charge is 2.31. The van der Waals surface area contributed by atoms with Gasteiger partial charge in [0.05, 0.1) is 17.8 Å². The van der Waals surface area contributed by atoms with Gasteiger partial charge in [0, 0.05) is 24.5 Å². The zero-order chi connectivity index (χ0) is 27.8. The van der Waals surface area contributed by atoms with Crippen molar-refractivity contribution in [3.8, 4) is 22.6 Å². The van der Waals surface area contributed by atoms with Crippen molar-refractivity contribution >= 4 is 22.6 Å². The first-order valence-corrected chi connectivity index (χ1v) is 13.2. The maximum absolute atomic E-state index is 14.7. The van der Waals surface area contributed by atoms with Gasteiger partial charge in [-0.1, -0.05) is 30.3 Å². The molecule has 1 saturated heterocycles. The quantitative estimate of drug-likeness (QED) is 0.259. The molecule has 6 rings (SSSR count). The van der Waals surface area contributed by atoms with Crippen molar-refractivity contribution in [3.63, 3.8) is 0 Å². The summed E-state index contributed by atoms with van der Waals surface area (Å²) in [5.74, 6) is -2.01. The van der Waals surface area contributed by atoms with Crippen LogP contribution < -0.4 is 14.8 Å². The van der Waals surface area contributed by atoms with E-state index < -0.39 is 29.7 Å². The number of nitrogens with one attached hydrogen (secondary N) is 1. The van der Waals surface area contributed by atoms with E-state index in [4.69, 9.17) is 9.47 Å². The third-order valence-corrected chi connectivity index (χ3v) is 7.49. The van der Waals surface area contributed by atoms with E-state index in [0.717, 1.165) is 41.5 Å². The Labute approximate surface area is 230 Å². The van der Waals surface area contributed by atoms with Gasteiger partial charge in [0.2, 0.25) is 5.78 Å². The number of ether oxygens (including phenoxy) is 2. The average molecular weight is 545 g/mol. The number of aliphatic hydroxyl groups excluding tert-OH is 1. The van der Waals surface area contributed by atoms with Crippen LogP contribution in [0.2, 0.25) is 0 Å². The Kier molecular flexibility index (Phi) is 6.95. The topological polar surface area (TPSA) is 106 Å². The van der Waals surface area contributed by atoms with Crippen molar-refractivity contribution in [2.45, 2.75) is 18.6 Å². The highest BCUT2D eigenvalue weighted by Crippen LogP contribution is 2.36. The smallest absolute Gasteiger partial charge is 0.292 e. The number of aromatic nitrogens is 2. The van der Waals surface area contributed by atoms with Crippen molar-refractivity contribution in [1.82, 2.24) is 20.0 Å². The predicted octanol–water partition coefficient (Wildman–Crippen LogP) is 3.26. The molecule has 0 aliphatic carbocycles. The molecule has 1 aromatic heterocycles. The van der Waals surface area contributed by atoms with E-state index in [9.17, 15) is 19.1 Å². The number of aliphatic hydroxyl groups is 1. The number of nitrogens with zero attached hydrogens (tertiary/aromatic N) is 3. The first kappa shape index (κ1) is 26.0. The normalized spacial score (nSPS) is 16.3. The second kappa shape index (κ2) is 10.7. The molecule has 0 saturated carbocycles. The molecule has 0 unspecified atom stereocenters. The van der Waals surface area contributed by atoms with Crippen LogP contribution in [0, 0.1) is 5.82 Å². The third kappa shape index (κ3) is 5.03. The Morgan fingerprint density at radius 1 is 1.05 bits per heavy atom. The number of rotatable bonds is 8. The minimum atomic E-state index is -1.27. The van der Waals surface area contributed by atoms with Crippen LogP contribution in [0.3, 0.4) is 0 Å². The molecule has 1 fully saturated rings. The zero-order valence-electron chi connectivity index (χ0n) is 22.0. The van der Waals surface area contributed by atoms with Crippen LogP contribution in [0.5, 0.6) is 11.5 Å². The van der Waals surface area contributed by atoms with Crippen molar-refractivity contribution < 1.29 is 28.6 Å². The molecular weight excluding hydrogens is 515 g/mol. The molecule has 206 valence electrons. The standard InChI is InChI=1S/C30H29FN4O5/c1-34-25-8-7-20(13-22(25)16-32-34)18-3-5-19(6-4-18)28(37)30(38)33-24(17-35-9-2-10-35)27(36)21-14-23(31)29-26(15-21)39-11-12-40-29/h3-8,13-16,24,27,36H,2,9-12,17H2,1H3,(H,33,38)/t24-,27-/m1/s1. The van der Waals surface area contributed by atoms with Gasteiger partial charge in [-0.05, 0) is 60.5 Å². The lowest BCUT2D eigenvalue weighted by Crippen LogP contribution is -2.52. The maximum atomic E-state index is 14.7. The summed E-state index contributed by atoms with van der Waals surface area (Å²) in [7, 11) is 1.88. The summed E-state index contributed by atoms with van der Waals surface area (Å²) in [6.07, 6.45) is 1.53. The summed E-state index contributed by atoms with van der Waals surface area (Å²) in [4.78, 5) is 28.2. The second-order valence-electron chi connectivity index (χ2n) is 10.2. The SMILES string of the molecule is Cn1ncc2cc(-c3ccc(C(=O)C(=O)N[C@H](CN4CCC4)[C@H](O)c4cc(F)c5c(c4)OCCO5)cc3)ccc21. The van der Waals surface area contributed by atoms with Crippen molar-refractivity contribution in [1.29, 1.82) is 0 Å². The number of carbonyl (C=O) groups excluding carboxylic acids is 2. The number of hydrogen-bond donors (Lipinski definition) is 2. The number of amides is 1. The first-order chi connectivity index (χ1) is 19.4. The van der Waals surface area contributed by atoms with Gasteiger partial charge in [-0.25, -0.2) is 4.39 Å². The van der Waals surface area contributed by atoms with E-state index in [1.807, 2.05) is 25.2 Å². The lowest BCUT2D eigenvalue weighted by Gasteiger charge is -2.36. The Morgan fingerprint density at radius 3 is 2.55 bits per heavy atom. The number of aryl methyl sites for hydroxylation is 1. The lowest BCUT2D eigenvalue weighted by molar-refractivity contribution is -0.118. The Hall–Kier alpha value is -4.28. The van der Waals surface area contributed by atoms with Gasteiger partial charge in [0.1, 0.15) is 19.3 Å². The molecule has 0 radical (unpaired) electrons. The molecule has 2 aliphatic rings. The molecule has 0 bridgehead atoms. The molecule has 2 N–H and O–H groups in total. The van der Waals surface area contributed by atoms with E-state index >= 15 is 0 Å². The van der Waals surface area contributed by atoms with Crippen molar-refractivity contribution in [3.05, 3.63) is 77.7 Å². The van der Waals surface area contributed by atoms with Gasteiger partial charge in [-0.2, -0.15) is 5.10 Å². The molecule has 40 heavy (non-hydrogen) atoms. The number of carbonyl (C=O) groups is 2. The third-order valence-electron chi connectivity index (χ3n) is 7.49.